The molecule has 0 spiro atoms. The monoisotopic (exact) mass is 260 g/mol. The molecular weight excluding hydrogens is 236 g/mol. The first-order valence-corrected chi connectivity index (χ1v) is 7.24. The van der Waals surface area contributed by atoms with Crippen LogP contribution < -0.4 is 10.6 Å². The molecule has 2 rings (SSSR count). The highest BCUT2D eigenvalue weighted by molar-refractivity contribution is 5.88. The van der Waals surface area contributed by atoms with Gasteiger partial charge in [-0.25, -0.2) is 0 Å². The molecule has 3 heteroatoms. The molecule has 0 aromatic heterocycles. The van der Waals surface area contributed by atoms with Crippen LogP contribution in [0.1, 0.15) is 44.7 Å². The maximum absolute atomic E-state index is 11.1. The van der Waals surface area contributed by atoms with Gasteiger partial charge in [0, 0.05) is 24.7 Å². The van der Waals surface area contributed by atoms with E-state index in [0.29, 0.717) is 12.1 Å². The van der Waals surface area contributed by atoms with Crippen LogP contribution in [0.5, 0.6) is 0 Å². The van der Waals surface area contributed by atoms with E-state index in [2.05, 4.69) is 36.6 Å². The normalized spacial score (nSPS) is 19.6. The predicted octanol–water partition coefficient (Wildman–Crippen LogP) is 2.89. The van der Waals surface area contributed by atoms with Gasteiger partial charge in [0.15, 0.2) is 0 Å². The van der Waals surface area contributed by atoms with Crippen molar-refractivity contribution in [2.24, 2.45) is 0 Å². The van der Waals surface area contributed by atoms with Gasteiger partial charge < -0.3 is 10.6 Å². The number of amides is 1. The minimum Gasteiger partial charge on any atom is -0.326 e. The van der Waals surface area contributed by atoms with Gasteiger partial charge in [-0.15, -0.1) is 0 Å². The van der Waals surface area contributed by atoms with Crippen molar-refractivity contribution in [1.29, 1.82) is 0 Å². The Kier molecular flexibility index (Phi) is 4.59. The number of aryl methyl sites for hydroxylation is 1. The molecule has 1 aromatic carbocycles. The van der Waals surface area contributed by atoms with Crippen LogP contribution in [0.4, 0.5) is 5.69 Å². The molecular formula is C16H24N2O. The third-order valence-electron chi connectivity index (χ3n) is 3.89. The zero-order valence-electron chi connectivity index (χ0n) is 12.1. The number of rotatable bonds is 4. The Labute approximate surface area is 115 Å². The lowest BCUT2D eigenvalue weighted by atomic mass is 9.87. The zero-order chi connectivity index (χ0) is 13.8. The van der Waals surface area contributed by atoms with E-state index in [-0.39, 0.29) is 5.91 Å². The van der Waals surface area contributed by atoms with Gasteiger partial charge in [0.2, 0.25) is 5.91 Å². The largest absolute Gasteiger partial charge is 0.326 e. The zero-order valence-corrected chi connectivity index (χ0v) is 12.1. The van der Waals surface area contributed by atoms with Gasteiger partial charge in [-0.3, -0.25) is 4.79 Å². The average molecular weight is 260 g/mol. The fraction of sp³-hybridized carbons (Fsp3) is 0.562. The van der Waals surface area contributed by atoms with E-state index in [1.165, 1.54) is 17.5 Å². The summed E-state index contributed by atoms with van der Waals surface area (Å²) in [5.74, 6) is -0.00922. The molecule has 0 saturated heterocycles. The molecule has 2 unspecified atom stereocenters. The lowest BCUT2D eigenvalue weighted by Crippen LogP contribution is -2.39. The van der Waals surface area contributed by atoms with E-state index in [1.54, 1.807) is 6.92 Å². The van der Waals surface area contributed by atoms with E-state index in [9.17, 15) is 4.79 Å². The molecule has 2 atom stereocenters. The number of hydrogen-bond acceptors (Lipinski definition) is 2. The van der Waals surface area contributed by atoms with Crippen molar-refractivity contribution < 1.29 is 4.79 Å². The molecule has 1 aromatic rings. The second-order valence-corrected chi connectivity index (χ2v) is 5.58. The molecule has 3 nitrogen and oxygen atoms in total. The highest BCUT2D eigenvalue weighted by atomic mass is 16.1. The molecule has 0 bridgehead atoms. The van der Waals surface area contributed by atoms with Crippen LogP contribution >= 0.6 is 0 Å². The van der Waals surface area contributed by atoms with Crippen LogP contribution in [0.2, 0.25) is 0 Å². The standard InChI is InChI=1S/C16H24N2O/c1-4-11(2)17-15-7-5-13-6-8-16(18-12(3)19)10-14(13)9-15/h6,8,10-11,15,17H,4-5,7,9H2,1-3H3,(H,18,19). The minimum absolute atomic E-state index is 0.00922. The maximum atomic E-state index is 11.1. The molecule has 0 heterocycles. The first kappa shape index (κ1) is 14.1. The Morgan fingerprint density at radius 2 is 2.21 bits per heavy atom. The maximum Gasteiger partial charge on any atom is 0.221 e. The van der Waals surface area contributed by atoms with Gasteiger partial charge in [0.1, 0.15) is 0 Å². The second-order valence-electron chi connectivity index (χ2n) is 5.58. The highest BCUT2D eigenvalue weighted by Gasteiger charge is 2.19. The Morgan fingerprint density at radius 3 is 2.89 bits per heavy atom. The summed E-state index contributed by atoms with van der Waals surface area (Å²) in [4.78, 5) is 11.1. The summed E-state index contributed by atoms with van der Waals surface area (Å²) in [5, 5.41) is 6.54. The first-order chi connectivity index (χ1) is 9.08. The average Bonchev–Trinajstić information content (AvgIpc) is 2.37. The molecule has 2 N–H and O–H groups in total. The lowest BCUT2D eigenvalue weighted by molar-refractivity contribution is -0.114. The molecule has 0 saturated carbocycles. The summed E-state index contributed by atoms with van der Waals surface area (Å²) < 4.78 is 0. The van der Waals surface area contributed by atoms with Crippen molar-refractivity contribution in [2.45, 2.75) is 58.5 Å². The van der Waals surface area contributed by atoms with Crippen molar-refractivity contribution in [1.82, 2.24) is 5.32 Å². The summed E-state index contributed by atoms with van der Waals surface area (Å²) >= 11 is 0. The minimum atomic E-state index is -0.00922. The van der Waals surface area contributed by atoms with Gasteiger partial charge in [0.05, 0.1) is 0 Å². The number of hydrogen-bond donors (Lipinski definition) is 2. The summed E-state index contributed by atoms with van der Waals surface area (Å²) in [6, 6.07) is 7.42. The van der Waals surface area contributed by atoms with Gasteiger partial charge in [-0.05, 0) is 55.9 Å². The van der Waals surface area contributed by atoms with E-state index < -0.39 is 0 Å². The first-order valence-electron chi connectivity index (χ1n) is 7.24. The summed E-state index contributed by atoms with van der Waals surface area (Å²) in [5.41, 5.74) is 3.71. The topological polar surface area (TPSA) is 41.1 Å². The summed E-state index contributed by atoms with van der Waals surface area (Å²) in [7, 11) is 0. The summed E-state index contributed by atoms with van der Waals surface area (Å²) in [6.45, 7) is 6.00. The second kappa shape index (κ2) is 6.20. The van der Waals surface area contributed by atoms with Crippen molar-refractivity contribution in [2.75, 3.05) is 5.32 Å². The molecule has 19 heavy (non-hydrogen) atoms. The Hall–Kier alpha value is -1.35. The van der Waals surface area contributed by atoms with E-state index >= 15 is 0 Å². The highest BCUT2D eigenvalue weighted by Crippen LogP contribution is 2.25. The Bertz CT molecular complexity index is 456. The molecule has 1 aliphatic rings. The quantitative estimate of drug-likeness (QED) is 0.874. The van der Waals surface area contributed by atoms with Crippen LogP contribution in [0.25, 0.3) is 0 Å². The van der Waals surface area contributed by atoms with Crippen LogP contribution in [-0.2, 0) is 17.6 Å². The third kappa shape index (κ3) is 3.80. The van der Waals surface area contributed by atoms with Crippen LogP contribution in [0.15, 0.2) is 18.2 Å². The van der Waals surface area contributed by atoms with Crippen molar-refractivity contribution in [3.63, 3.8) is 0 Å². The molecule has 104 valence electrons. The van der Waals surface area contributed by atoms with E-state index in [4.69, 9.17) is 0 Å². The summed E-state index contributed by atoms with van der Waals surface area (Å²) in [6.07, 6.45) is 4.56. The van der Waals surface area contributed by atoms with Crippen molar-refractivity contribution in [3.8, 4) is 0 Å². The van der Waals surface area contributed by atoms with Crippen LogP contribution in [-0.4, -0.2) is 18.0 Å². The predicted molar refractivity (Wildman–Crippen MR) is 79.4 cm³/mol. The number of anilines is 1. The molecule has 0 fully saturated rings. The number of carbonyl (C=O) groups excluding carboxylic acids is 1. The smallest absolute Gasteiger partial charge is 0.221 e. The number of nitrogens with one attached hydrogen (secondary N) is 2. The fourth-order valence-corrected chi connectivity index (χ4v) is 2.70. The third-order valence-corrected chi connectivity index (χ3v) is 3.89. The molecule has 0 radical (unpaired) electrons. The lowest BCUT2D eigenvalue weighted by Gasteiger charge is -2.28. The molecule has 1 aliphatic carbocycles. The van der Waals surface area contributed by atoms with E-state index in [0.717, 1.165) is 24.9 Å². The van der Waals surface area contributed by atoms with Crippen LogP contribution in [0, 0.1) is 0 Å². The van der Waals surface area contributed by atoms with Crippen molar-refractivity contribution in [3.05, 3.63) is 29.3 Å². The SMILES string of the molecule is CCC(C)NC1CCc2ccc(NC(C)=O)cc2C1. The molecule has 0 aliphatic heterocycles. The van der Waals surface area contributed by atoms with Crippen molar-refractivity contribution >= 4 is 11.6 Å². The number of fused-ring (bicyclic) bond motifs is 1. The number of benzene rings is 1. The van der Waals surface area contributed by atoms with Gasteiger partial charge in [-0.1, -0.05) is 13.0 Å². The number of carbonyl (C=O) groups is 1. The molecule has 1 amide bonds. The Morgan fingerprint density at radius 1 is 1.42 bits per heavy atom. The Balaban J connectivity index is 2.07. The van der Waals surface area contributed by atoms with E-state index in [1.807, 2.05) is 6.07 Å². The fourth-order valence-electron chi connectivity index (χ4n) is 2.70. The van der Waals surface area contributed by atoms with Crippen LogP contribution in [0.3, 0.4) is 0 Å². The van der Waals surface area contributed by atoms with Gasteiger partial charge in [0.25, 0.3) is 0 Å². The van der Waals surface area contributed by atoms with Gasteiger partial charge in [-0.2, -0.15) is 0 Å². The van der Waals surface area contributed by atoms with Gasteiger partial charge >= 0.3 is 0 Å².